The minimum absolute atomic E-state index is 0.183. The lowest BCUT2D eigenvalue weighted by atomic mass is 9.81. The summed E-state index contributed by atoms with van der Waals surface area (Å²) in [6, 6.07) is 19.0. The molecule has 1 aromatic heterocycles. The van der Waals surface area contributed by atoms with Crippen LogP contribution in [-0.4, -0.2) is 57.2 Å². The van der Waals surface area contributed by atoms with E-state index >= 15 is 0 Å². The molecule has 3 aromatic rings. The van der Waals surface area contributed by atoms with Crippen LogP contribution < -0.4 is 15.5 Å². The quantitative estimate of drug-likeness (QED) is 0.267. The molecule has 1 saturated carbocycles. The van der Waals surface area contributed by atoms with Crippen molar-refractivity contribution in [3.63, 3.8) is 0 Å². The number of pyridine rings is 1. The summed E-state index contributed by atoms with van der Waals surface area (Å²) in [4.78, 5) is 71.6. The van der Waals surface area contributed by atoms with Crippen LogP contribution in [0.2, 0.25) is 0 Å². The minimum atomic E-state index is -1.29. The number of nitrogens with zero attached hydrogens (tertiary/aromatic N) is 3. The highest BCUT2D eigenvalue weighted by molar-refractivity contribution is 6.04. The maximum atomic E-state index is 14.1. The Hall–Kier alpha value is -5.32. The largest absolute Gasteiger partial charge is 0.477 e. The maximum Gasteiger partial charge on any atom is 0.352 e. The van der Waals surface area contributed by atoms with Crippen LogP contribution >= 0.6 is 0 Å². The number of amides is 4. The van der Waals surface area contributed by atoms with Crippen molar-refractivity contribution in [1.29, 1.82) is 0 Å². The fourth-order valence-corrected chi connectivity index (χ4v) is 6.64. The second-order valence-electron chi connectivity index (χ2n) is 12.1. The molecule has 11 nitrogen and oxygen atoms in total. The Morgan fingerprint density at radius 3 is 2.28 bits per heavy atom. The first-order valence-electron chi connectivity index (χ1n) is 15.8. The van der Waals surface area contributed by atoms with Gasteiger partial charge in [-0.1, -0.05) is 61.4 Å². The number of rotatable bonds is 11. The highest BCUT2D eigenvalue weighted by atomic mass is 16.4. The zero-order valence-corrected chi connectivity index (χ0v) is 26.5. The van der Waals surface area contributed by atoms with Gasteiger partial charge in [0.15, 0.2) is 0 Å². The van der Waals surface area contributed by atoms with Gasteiger partial charge in [0.05, 0.1) is 5.41 Å². The van der Waals surface area contributed by atoms with Crippen LogP contribution in [0.5, 0.6) is 0 Å². The lowest BCUT2D eigenvalue weighted by Crippen LogP contribution is -2.42. The third kappa shape index (κ3) is 7.40. The third-order valence-electron chi connectivity index (χ3n) is 8.96. The highest BCUT2D eigenvalue weighted by Gasteiger charge is 2.48. The summed E-state index contributed by atoms with van der Waals surface area (Å²) in [6.45, 7) is 3.20. The molecule has 0 spiro atoms. The molecule has 244 valence electrons. The van der Waals surface area contributed by atoms with Gasteiger partial charge >= 0.3 is 5.97 Å². The number of benzene rings is 2. The van der Waals surface area contributed by atoms with Crippen molar-refractivity contribution in [3.05, 3.63) is 102 Å². The van der Waals surface area contributed by atoms with E-state index in [0.717, 1.165) is 24.0 Å². The molecule has 3 N–H and O–H groups in total. The number of aromatic nitrogens is 1. The van der Waals surface area contributed by atoms with E-state index in [0.29, 0.717) is 43.5 Å². The molecule has 1 saturated heterocycles. The Kier molecular flexibility index (Phi) is 10.1. The van der Waals surface area contributed by atoms with Crippen molar-refractivity contribution >= 4 is 41.4 Å². The van der Waals surface area contributed by atoms with E-state index < -0.39 is 23.6 Å². The van der Waals surface area contributed by atoms with Gasteiger partial charge in [0.1, 0.15) is 17.9 Å². The van der Waals surface area contributed by atoms with Crippen LogP contribution in [0, 0.1) is 5.41 Å². The molecule has 0 radical (unpaired) electrons. The lowest BCUT2D eigenvalue weighted by molar-refractivity contribution is -0.137. The van der Waals surface area contributed by atoms with Crippen molar-refractivity contribution in [2.24, 2.45) is 5.41 Å². The van der Waals surface area contributed by atoms with Gasteiger partial charge in [-0.2, -0.15) is 0 Å². The summed E-state index contributed by atoms with van der Waals surface area (Å²) in [5, 5.41) is 15.3. The first kappa shape index (κ1) is 33.1. The fraction of sp³-hybridized carbons (Fsp3) is 0.333. The van der Waals surface area contributed by atoms with Gasteiger partial charge < -0.3 is 20.6 Å². The summed E-state index contributed by atoms with van der Waals surface area (Å²) in [5.74, 6) is -2.34. The van der Waals surface area contributed by atoms with Gasteiger partial charge in [-0.25, -0.2) is 4.79 Å². The predicted octanol–water partition coefficient (Wildman–Crippen LogP) is 4.22. The number of aliphatic carboxylic acids is 1. The van der Waals surface area contributed by atoms with Crippen LogP contribution in [-0.2, 0) is 30.4 Å². The molecule has 2 heterocycles. The number of hydrogen-bond donors (Lipinski definition) is 3. The van der Waals surface area contributed by atoms with E-state index in [-0.39, 0.29) is 29.3 Å². The van der Waals surface area contributed by atoms with Crippen molar-refractivity contribution in [1.82, 2.24) is 20.5 Å². The molecule has 4 amide bonds. The summed E-state index contributed by atoms with van der Waals surface area (Å²) < 4.78 is 0. The zero-order chi connectivity index (χ0) is 33.6. The second-order valence-corrected chi connectivity index (χ2v) is 12.1. The predicted molar refractivity (Wildman–Crippen MR) is 175 cm³/mol. The number of anilines is 1. The van der Waals surface area contributed by atoms with E-state index in [1.54, 1.807) is 52.5 Å². The van der Waals surface area contributed by atoms with Crippen LogP contribution in [0.1, 0.15) is 68.8 Å². The van der Waals surface area contributed by atoms with Gasteiger partial charge in [-0.05, 0) is 60.2 Å². The summed E-state index contributed by atoms with van der Waals surface area (Å²) in [6.07, 6.45) is 7.67. The molecule has 1 aliphatic heterocycles. The van der Waals surface area contributed by atoms with Gasteiger partial charge in [0, 0.05) is 44.9 Å². The molecular weight excluding hydrogens is 598 g/mol. The molecule has 1 aliphatic carbocycles. The Balaban J connectivity index is 1.42. The van der Waals surface area contributed by atoms with Crippen molar-refractivity contribution in [2.75, 3.05) is 11.4 Å². The topological polar surface area (TPSA) is 149 Å². The molecule has 11 heteroatoms. The van der Waals surface area contributed by atoms with Crippen molar-refractivity contribution in [3.8, 4) is 0 Å². The van der Waals surface area contributed by atoms with E-state index in [9.17, 15) is 29.1 Å². The SMILES string of the molecule is CC(=O)NCCC1(C(=O)N/C(=C\c2ccc(N3C(=O)[C@@H](Cc4cccnc4)N(C(C)=O)C3c3ccccc3)cc2)C(=O)O)CCCC1. The molecule has 2 aliphatic rings. The summed E-state index contributed by atoms with van der Waals surface area (Å²) >= 11 is 0. The number of carbonyl (C=O) groups excluding carboxylic acids is 4. The van der Waals surface area contributed by atoms with Crippen molar-refractivity contribution < 1.29 is 29.1 Å². The smallest absolute Gasteiger partial charge is 0.352 e. The van der Waals surface area contributed by atoms with E-state index in [4.69, 9.17) is 0 Å². The Bertz CT molecular complexity index is 1650. The third-order valence-corrected chi connectivity index (χ3v) is 8.96. The van der Waals surface area contributed by atoms with Crippen LogP contribution in [0.4, 0.5) is 5.69 Å². The fourth-order valence-electron chi connectivity index (χ4n) is 6.64. The van der Waals surface area contributed by atoms with Gasteiger partial charge in [0.25, 0.3) is 5.91 Å². The average molecular weight is 638 g/mol. The van der Waals surface area contributed by atoms with Gasteiger partial charge in [-0.3, -0.25) is 29.1 Å². The van der Waals surface area contributed by atoms with E-state index in [1.165, 1.54) is 19.9 Å². The number of carboxylic acids is 1. The Morgan fingerprint density at radius 1 is 0.979 bits per heavy atom. The monoisotopic (exact) mass is 637 g/mol. The first-order chi connectivity index (χ1) is 22.6. The molecule has 2 fully saturated rings. The lowest BCUT2D eigenvalue weighted by Gasteiger charge is -2.31. The summed E-state index contributed by atoms with van der Waals surface area (Å²) in [5.41, 5.74) is 1.60. The number of carboxylic acid groups (broad SMARTS) is 1. The molecule has 2 aromatic carbocycles. The normalized spacial score (nSPS) is 19.0. The Morgan fingerprint density at radius 2 is 1.68 bits per heavy atom. The highest BCUT2D eigenvalue weighted by Crippen LogP contribution is 2.42. The van der Waals surface area contributed by atoms with E-state index in [1.807, 2.05) is 36.4 Å². The first-order valence-corrected chi connectivity index (χ1v) is 15.8. The summed E-state index contributed by atoms with van der Waals surface area (Å²) in [7, 11) is 0. The van der Waals surface area contributed by atoms with Crippen molar-refractivity contribution in [2.45, 2.75) is 64.6 Å². The molecular formula is C36H39N5O6. The van der Waals surface area contributed by atoms with Crippen LogP contribution in [0.15, 0.2) is 84.8 Å². The minimum Gasteiger partial charge on any atom is -0.477 e. The molecule has 0 bridgehead atoms. The Labute approximate surface area is 273 Å². The second kappa shape index (κ2) is 14.4. The zero-order valence-electron chi connectivity index (χ0n) is 26.5. The van der Waals surface area contributed by atoms with Crippen LogP contribution in [0.25, 0.3) is 6.08 Å². The number of hydrogen-bond acceptors (Lipinski definition) is 6. The maximum absolute atomic E-state index is 14.1. The van der Waals surface area contributed by atoms with Gasteiger partial charge in [0.2, 0.25) is 17.7 Å². The molecule has 47 heavy (non-hydrogen) atoms. The number of nitrogens with one attached hydrogen (secondary N) is 2. The molecule has 2 atom stereocenters. The number of carbonyl (C=O) groups is 5. The molecule has 5 rings (SSSR count). The van der Waals surface area contributed by atoms with Gasteiger partial charge in [-0.15, -0.1) is 0 Å². The molecule has 1 unspecified atom stereocenters. The van der Waals surface area contributed by atoms with Crippen LogP contribution in [0.3, 0.4) is 0 Å². The van der Waals surface area contributed by atoms with E-state index in [2.05, 4.69) is 15.6 Å². The average Bonchev–Trinajstić information content (AvgIpc) is 3.65. The standard InChI is InChI=1S/C36H39N5O6/c1-24(42)38-20-18-36(16-6-7-17-36)35(47)39-30(34(45)46)21-26-12-14-29(15-13-26)41-32(28-10-4-3-5-11-28)40(25(2)43)31(33(41)44)22-27-9-8-19-37-23-27/h3-5,8-15,19,21,23,31-32H,6-7,16-18,20,22H2,1-2H3,(H,38,42)(H,39,47)(H,45,46)/b30-21-/t31-,32?/m1/s1.